The number of ketones is 1. The molecule has 3 aliphatic heterocycles. The van der Waals surface area contributed by atoms with Gasteiger partial charge in [-0.2, -0.15) is 0 Å². The Morgan fingerprint density at radius 2 is 1.97 bits per heavy atom. The molecular formula is C27H29N5O4. The Balaban J connectivity index is 1.32. The number of allylic oxidation sites excluding steroid dienone is 1. The predicted molar refractivity (Wildman–Crippen MR) is 137 cm³/mol. The minimum absolute atomic E-state index is 0.00614. The number of urea groups is 1. The highest BCUT2D eigenvalue weighted by atomic mass is 16.5. The number of nitrogens with zero attached hydrogens (tertiary/aromatic N) is 3. The summed E-state index contributed by atoms with van der Waals surface area (Å²) in [7, 11) is 1.95. The summed E-state index contributed by atoms with van der Waals surface area (Å²) in [4.78, 5) is 32.3. The Kier molecular flexibility index (Phi) is 5.44. The molecule has 2 aromatic heterocycles. The van der Waals surface area contributed by atoms with Crippen molar-refractivity contribution in [2.75, 3.05) is 23.3 Å². The van der Waals surface area contributed by atoms with Crippen LogP contribution >= 0.6 is 0 Å². The number of Topliss-reactive ketones (excluding diaryl/α,β-unsaturated/α-hetero) is 1. The average molecular weight is 488 g/mol. The van der Waals surface area contributed by atoms with Crippen LogP contribution in [-0.4, -0.2) is 52.7 Å². The number of carbonyl (C=O) groups excluding carboxylic acids is 2. The Labute approximate surface area is 209 Å². The standard InChI is InChI=1S/C27H29N5O4/c1-15(2)29-27(34)30-17-4-7-22-20(11-17)25(33)23(36-22)10-16-12-31(3)26-24(16)21(8-9-28-26)32-13-18-5-6-19(14-32)35-18/h4,7-12,15,18-19H,5-6,13-14H2,1-3H3,(H2,29,30,34). The van der Waals surface area contributed by atoms with E-state index < -0.39 is 0 Å². The third-order valence-corrected chi connectivity index (χ3v) is 6.88. The van der Waals surface area contributed by atoms with Crippen molar-refractivity contribution >= 4 is 40.3 Å². The molecule has 2 N–H and O–H groups in total. The third kappa shape index (κ3) is 3.99. The molecule has 0 radical (unpaired) electrons. The van der Waals surface area contributed by atoms with Crippen molar-refractivity contribution in [1.82, 2.24) is 14.9 Å². The van der Waals surface area contributed by atoms with Crippen molar-refractivity contribution in [3.63, 3.8) is 0 Å². The van der Waals surface area contributed by atoms with Crippen LogP contribution in [0.4, 0.5) is 16.2 Å². The Bertz CT molecular complexity index is 1400. The van der Waals surface area contributed by atoms with E-state index in [1.807, 2.05) is 43.9 Å². The SMILES string of the molecule is CC(C)NC(=O)Nc1ccc2c(c1)C(=O)C(=Cc1cn(C)c3nccc(N4CC5CCC(C4)O5)c13)O2. The minimum atomic E-state index is -0.320. The number of hydrogen-bond donors (Lipinski definition) is 2. The van der Waals surface area contributed by atoms with Crippen LogP contribution < -0.4 is 20.3 Å². The number of benzene rings is 1. The first-order chi connectivity index (χ1) is 17.4. The molecule has 3 aliphatic rings. The molecule has 186 valence electrons. The Hall–Kier alpha value is -3.85. The number of fused-ring (bicyclic) bond motifs is 4. The summed E-state index contributed by atoms with van der Waals surface area (Å²) in [6.07, 6.45) is 8.32. The van der Waals surface area contributed by atoms with Crippen molar-refractivity contribution in [2.24, 2.45) is 7.05 Å². The molecule has 36 heavy (non-hydrogen) atoms. The molecule has 2 bridgehead atoms. The number of carbonyl (C=O) groups is 2. The first-order valence-electron chi connectivity index (χ1n) is 12.4. The molecule has 0 spiro atoms. The van der Waals surface area contributed by atoms with E-state index in [2.05, 4.69) is 20.5 Å². The summed E-state index contributed by atoms with van der Waals surface area (Å²) in [6, 6.07) is 6.81. The van der Waals surface area contributed by atoms with E-state index in [1.54, 1.807) is 24.3 Å². The lowest BCUT2D eigenvalue weighted by Crippen LogP contribution is -2.42. The number of ether oxygens (including phenoxy) is 2. The van der Waals surface area contributed by atoms with Crippen LogP contribution in [0, 0.1) is 0 Å². The van der Waals surface area contributed by atoms with Gasteiger partial charge < -0.3 is 29.6 Å². The number of morpholine rings is 1. The van der Waals surface area contributed by atoms with Crippen LogP contribution in [0.25, 0.3) is 17.1 Å². The molecule has 2 unspecified atom stereocenters. The van der Waals surface area contributed by atoms with Gasteiger partial charge in [0.15, 0.2) is 5.76 Å². The molecule has 6 rings (SSSR count). The number of aromatic nitrogens is 2. The average Bonchev–Trinajstić information content (AvgIpc) is 3.46. The van der Waals surface area contributed by atoms with Gasteiger partial charge >= 0.3 is 6.03 Å². The van der Waals surface area contributed by atoms with Gasteiger partial charge in [0.2, 0.25) is 5.78 Å². The summed E-state index contributed by atoms with van der Waals surface area (Å²) in [6.45, 7) is 5.46. The number of aryl methyl sites for hydroxylation is 1. The van der Waals surface area contributed by atoms with Crippen LogP contribution in [0.5, 0.6) is 5.75 Å². The monoisotopic (exact) mass is 487 g/mol. The molecule has 2 amide bonds. The lowest BCUT2D eigenvalue weighted by atomic mass is 10.1. The quantitative estimate of drug-likeness (QED) is 0.538. The van der Waals surface area contributed by atoms with E-state index in [1.165, 1.54) is 0 Å². The van der Waals surface area contributed by atoms with E-state index in [4.69, 9.17) is 9.47 Å². The molecule has 0 saturated carbocycles. The molecule has 9 heteroatoms. The number of rotatable bonds is 4. The smallest absolute Gasteiger partial charge is 0.319 e. The van der Waals surface area contributed by atoms with Crippen LogP contribution in [0.1, 0.15) is 42.6 Å². The maximum Gasteiger partial charge on any atom is 0.319 e. The highest BCUT2D eigenvalue weighted by molar-refractivity contribution is 6.16. The van der Waals surface area contributed by atoms with Gasteiger partial charge in [0, 0.05) is 55.2 Å². The molecule has 2 saturated heterocycles. The number of anilines is 2. The van der Waals surface area contributed by atoms with Crippen LogP contribution in [0.3, 0.4) is 0 Å². The Morgan fingerprint density at radius 3 is 2.72 bits per heavy atom. The minimum Gasteiger partial charge on any atom is -0.452 e. The first kappa shape index (κ1) is 22.6. The maximum absolute atomic E-state index is 13.3. The second-order valence-electron chi connectivity index (χ2n) is 9.99. The highest BCUT2D eigenvalue weighted by Crippen LogP contribution is 2.38. The van der Waals surface area contributed by atoms with Gasteiger partial charge in [-0.1, -0.05) is 0 Å². The van der Waals surface area contributed by atoms with Gasteiger partial charge in [-0.05, 0) is 57.0 Å². The van der Waals surface area contributed by atoms with Gasteiger partial charge in [0.05, 0.1) is 23.5 Å². The van der Waals surface area contributed by atoms with Crippen molar-refractivity contribution in [3.05, 3.63) is 53.5 Å². The topological polar surface area (TPSA) is 97.7 Å². The second kappa shape index (κ2) is 8.67. The highest BCUT2D eigenvalue weighted by Gasteiger charge is 2.35. The molecule has 9 nitrogen and oxygen atoms in total. The summed E-state index contributed by atoms with van der Waals surface area (Å²) in [5, 5.41) is 6.54. The summed E-state index contributed by atoms with van der Waals surface area (Å²) < 4.78 is 14.0. The predicted octanol–water partition coefficient (Wildman–Crippen LogP) is 4.09. The molecule has 0 aliphatic carbocycles. The van der Waals surface area contributed by atoms with Gasteiger partial charge in [-0.25, -0.2) is 9.78 Å². The fraction of sp³-hybridized carbons (Fsp3) is 0.370. The van der Waals surface area contributed by atoms with E-state index in [0.717, 1.165) is 48.2 Å². The largest absolute Gasteiger partial charge is 0.452 e. The molecule has 1 aromatic carbocycles. The van der Waals surface area contributed by atoms with Crippen LogP contribution in [0.15, 0.2) is 42.4 Å². The third-order valence-electron chi connectivity index (χ3n) is 6.88. The zero-order chi connectivity index (χ0) is 25.0. The summed E-state index contributed by atoms with van der Waals surface area (Å²) in [5.41, 5.74) is 3.78. The van der Waals surface area contributed by atoms with Gasteiger partial charge in [0.25, 0.3) is 0 Å². The fourth-order valence-corrected chi connectivity index (χ4v) is 5.34. The van der Waals surface area contributed by atoms with Crippen molar-refractivity contribution in [1.29, 1.82) is 0 Å². The van der Waals surface area contributed by atoms with Crippen molar-refractivity contribution in [2.45, 2.75) is 44.9 Å². The van der Waals surface area contributed by atoms with E-state index in [9.17, 15) is 9.59 Å². The number of pyridine rings is 1. The maximum atomic E-state index is 13.3. The lowest BCUT2D eigenvalue weighted by molar-refractivity contribution is 0.0306. The van der Waals surface area contributed by atoms with Crippen LogP contribution in [0.2, 0.25) is 0 Å². The van der Waals surface area contributed by atoms with Gasteiger partial charge in [0.1, 0.15) is 11.4 Å². The molecule has 2 atom stereocenters. The van der Waals surface area contributed by atoms with Crippen molar-refractivity contribution < 1.29 is 19.1 Å². The van der Waals surface area contributed by atoms with Crippen LogP contribution in [-0.2, 0) is 11.8 Å². The van der Waals surface area contributed by atoms with E-state index in [-0.39, 0.29) is 35.8 Å². The zero-order valence-electron chi connectivity index (χ0n) is 20.6. The lowest BCUT2D eigenvalue weighted by Gasteiger charge is -2.34. The summed E-state index contributed by atoms with van der Waals surface area (Å²) in [5.74, 6) is 0.507. The molecule has 5 heterocycles. The number of hydrogen-bond acceptors (Lipinski definition) is 6. The van der Waals surface area contributed by atoms with E-state index in [0.29, 0.717) is 17.0 Å². The fourth-order valence-electron chi connectivity index (χ4n) is 5.34. The van der Waals surface area contributed by atoms with E-state index >= 15 is 0 Å². The second-order valence-corrected chi connectivity index (χ2v) is 9.99. The Morgan fingerprint density at radius 1 is 1.19 bits per heavy atom. The zero-order valence-corrected chi connectivity index (χ0v) is 20.6. The number of nitrogens with one attached hydrogen (secondary N) is 2. The molecule has 3 aromatic rings. The first-order valence-corrected chi connectivity index (χ1v) is 12.4. The molecular weight excluding hydrogens is 458 g/mol. The van der Waals surface area contributed by atoms with Gasteiger partial charge in [-0.15, -0.1) is 0 Å². The van der Waals surface area contributed by atoms with Gasteiger partial charge in [-0.3, -0.25) is 4.79 Å². The normalized spacial score (nSPS) is 21.8. The number of amides is 2. The molecule has 2 fully saturated rings. The van der Waals surface area contributed by atoms with Crippen molar-refractivity contribution in [3.8, 4) is 5.75 Å². The summed E-state index contributed by atoms with van der Waals surface area (Å²) >= 11 is 0.